The van der Waals surface area contributed by atoms with E-state index in [1.54, 1.807) is 4.88 Å². The van der Waals surface area contributed by atoms with Gasteiger partial charge in [-0.1, -0.05) is 0 Å². The van der Waals surface area contributed by atoms with E-state index >= 15 is 0 Å². The fourth-order valence-corrected chi connectivity index (χ4v) is 4.65. The molecule has 1 aromatic heterocycles. The van der Waals surface area contributed by atoms with Gasteiger partial charge in [0, 0.05) is 17.5 Å². The van der Waals surface area contributed by atoms with Crippen molar-refractivity contribution in [3.63, 3.8) is 0 Å². The Bertz CT molecular complexity index is 670. The molecule has 5 heteroatoms. The van der Waals surface area contributed by atoms with Gasteiger partial charge in [0.05, 0.1) is 4.47 Å². The second-order valence-electron chi connectivity index (χ2n) is 5.44. The average molecular weight is 366 g/mol. The van der Waals surface area contributed by atoms with Crippen LogP contribution >= 0.6 is 27.3 Å². The highest BCUT2D eigenvalue weighted by molar-refractivity contribution is 9.10. The Labute approximate surface area is 136 Å². The number of thiophene rings is 1. The van der Waals surface area contributed by atoms with E-state index < -0.39 is 0 Å². The van der Waals surface area contributed by atoms with Gasteiger partial charge in [-0.2, -0.15) is 0 Å². The molecule has 1 aliphatic heterocycles. The Morgan fingerprint density at radius 3 is 3.24 bits per heavy atom. The van der Waals surface area contributed by atoms with E-state index in [2.05, 4.69) is 44.8 Å². The Morgan fingerprint density at radius 2 is 2.29 bits per heavy atom. The SMILES string of the molecule is Brc1cc(CNC2CCCc3sccc32)cc2c1OCO2. The zero-order valence-corrected chi connectivity index (χ0v) is 13.9. The molecule has 2 heterocycles. The largest absolute Gasteiger partial charge is 0.454 e. The van der Waals surface area contributed by atoms with Crippen LogP contribution in [0.15, 0.2) is 28.1 Å². The molecule has 110 valence electrons. The second-order valence-corrected chi connectivity index (χ2v) is 7.29. The number of hydrogen-bond acceptors (Lipinski definition) is 4. The van der Waals surface area contributed by atoms with E-state index in [-0.39, 0.29) is 0 Å². The predicted octanol–water partition coefficient (Wildman–Crippen LogP) is 4.41. The number of benzene rings is 1. The second kappa shape index (κ2) is 5.63. The van der Waals surface area contributed by atoms with E-state index in [1.807, 2.05) is 11.3 Å². The third-order valence-electron chi connectivity index (χ3n) is 4.09. The molecule has 0 spiro atoms. The van der Waals surface area contributed by atoms with Crippen molar-refractivity contribution in [2.75, 3.05) is 6.79 Å². The molecule has 0 saturated heterocycles. The van der Waals surface area contributed by atoms with E-state index in [1.165, 1.54) is 30.4 Å². The molecule has 1 aliphatic carbocycles. The molecule has 0 saturated carbocycles. The van der Waals surface area contributed by atoms with Crippen molar-refractivity contribution in [1.29, 1.82) is 0 Å². The number of fused-ring (bicyclic) bond motifs is 2. The molecule has 1 atom stereocenters. The van der Waals surface area contributed by atoms with Gasteiger partial charge >= 0.3 is 0 Å². The lowest BCUT2D eigenvalue weighted by Crippen LogP contribution is -2.23. The summed E-state index contributed by atoms with van der Waals surface area (Å²) in [6, 6.07) is 6.92. The molecule has 3 nitrogen and oxygen atoms in total. The van der Waals surface area contributed by atoms with Crippen LogP contribution in [-0.2, 0) is 13.0 Å². The van der Waals surface area contributed by atoms with Crippen molar-refractivity contribution in [3.8, 4) is 11.5 Å². The van der Waals surface area contributed by atoms with Crippen molar-refractivity contribution >= 4 is 27.3 Å². The summed E-state index contributed by atoms with van der Waals surface area (Å²) in [5.74, 6) is 1.65. The Kier molecular flexibility index (Phi) is 3.65. The van der Waals surface area contributed by atoms with Crippen LogP contribution in [0.3, 0.4) is 0 Å². The maximum absolute atomic E-state index is 5.48. The zero-order valence-electron chi connectivity index (χ0n) is 11.5. The molecule has 0 amide bonds. The lowest BCUT2D eigenvalue weighted by molar-refractivity contribution is 0.173. The molecular formula is C16H16BrNO2S. The lowest BCUT2D eigenvalue weighted by Gasteiger charge is -2.24. The number of nitrogens with one attached hydrogen (secondary N) is 1. The zero-order chi connectivity index (χ0) is 14.2. The van der Waals surface area contributed by atoms with Gasteiger partial charge in [-0.3, -0.25) is 0 Å². The first-order valence-electron chi connectivity index (χ1n) is 7.19. The fraction of sp³-hybridized carbons (Fsp3) is 0.375. The van der Waals surface area contributed by atoms with Crippen LogP contribution in [0.2, 0.25) is 0 Å². The van der Waals surface area contributed by atoms with E-state index in [9.17, 15) is 0 Å². The fourth-order valence-electron chi connectivity index (χ4n) is 3.06. The topological polar surface area (TPSA) is 30.5 Å². The van der Waals surface area contributed by atoms with Crippen molar-refractivity contribution in [2.45, 2.75) is 31.8 Å². The summed E-state index contributed by atoms with van der Waals surface area (Å²) in [6.45, 7) is 1.15. The maximum atomic E-state index is 5.48. The summed E-state index contributed by atoms with van der Waals surface area (Å²) >= 11 is 5.44. The maximum Gasteiger partial charge on any atom is 0.231 e. The van der Waals surface area contributed by atoms with Crippen LogP contribution < -0.4 is 14.8 Å². The first kappa shape index (κ1) is 13.6. The quantitative estimate of drug-likeness (QED) is 0.873. The molecule has 1 aromatic carbocycles. The van der Waals surface area contributed by atoms with Crippen LogP contribution in [0.5, 0.6) is 11.5 Å². The third-order valence-corrected chi connectivity index (χ3v) is 5.68. The molecule has 0 radical (unpaired) electrons. The minimum Gasteiger partial charge on any atom is -0.454 e. The van der Waals surface area contributed by atoms with E-state index in [0.29, 0.717) is 12.8 Å². The van der Waals surface area contributed by atoms with Crippen molar-refractivity contribution in [3.05, 3.63) is 44.1 Å². The van der Waals surface area contributed by atoms with Crippen molar-refractivity contribution in [1.82, 2.24) is 5.32 Å². The van der Waals surface area contributed by atoms with Gasteiger partial charge in [-0.15, -0.1) is 11.3 Å². The normalized spacial score (nSPS) is 19.6. The molecule has 0 bridgehead atoms. The highest BCUT2D eigenvalue weighted by atomic mass is 79.9. The summed E-state index contributed by atoms with van der Waals surface area (Å²) in [5, 5.41) is 5.90. The third kappa shape index (κ3) is 2.58. The lowest BCUT2D eigenvalue weighted by atomic mass is 9.94. The van der Waals surface area contributed by atoms with Crippen LogP contribution in [0, 0.1) is 0 Å². The van der Waals surface area contributed by atoms with Gasteiger partial charge in [0.1, 0.15) is 0 Å². The first-order valence-corrected chi connectivity index (χ1v) is 8.86. The predicted molar refractivity (Wildman–Crippen MR) is 87.1 cm³/mol. The summed E-state index contributed by atoms with van der Waals surface area (Å²) in [7, 11) is 0. The van der Waals surface area contributed by atoms with Gasteiger partial charge in [0.2, 0.25) is 6.79 Å². The molecular weight excluding hydrogens is 350 g/mol. The molecule has 1 N–H and O–H groups in total. The van der Waals surface area contributed by atoms with E-state index in [0.717, 1.165) is 22.5 Å². The molecule has 0 fully saturated rings. The minimum atomic E-state index is 0.311. The van der Waals surface area contributed by atoms with E-state index in [4.69, 9.17) is 9.47 Å². The van der Waals surface area contributed by atoms with Gasteiger partial charge in [-0.25, -0.2) is 0 Å². The Hall–Kier alpha value is -1.04. The number of aryl methyl sites for hydroxylation is 1. The highest BCUT2D eigenvalue weighted by Gasteiger charge is 2.22. The van der Waals surface area contributed by atoms with Crippen molar-refractivity contribution < 1.29 is 9.47 Å². The van der Waals surface area contributed by atoms with Crippen LogP contribution in [0.25, 0.3) is 0 Å². The van der Waals surface area contributed by atoms with Gasteiger partial charge < -0.3 is 14.8 Å². The number of hydrogen-bond donors (Lipinski definition) is 1. The Balaban J connectivity index is 1.50. The van der Waals surface area contributed by atoms with Crippen LogP contribution in [-0.4, -0.2) is 6.79 Å². The summed E-state index contributed by atoms with van der Waals surface area (Å²) in [5.41, 5.74) is 2.71. The molecule has 21 heavy (non-hydrogen) atoms. The smallest absolute Gasteiger partial charge is 0.231 e. The van der Waals surface area contributed by atoms with Gasteiger partial charge in [0.15, 0.2) is 11.5 Å². The average Bonchev–Trinajstić information content (AvgIpc) is 3.13. The highest BCUT2D eigenvalue weighted by Crippen LogP contribution is 2.40. The molecule has 4 rings (SSSR count). The standard InChI is InChI=1S/C16H16BrNO2S/c17-12-6-10(7-14-16(12)20-9-19-14)8-18-13-2-1-3-15-11(13)4-5-21-15/h4-7,13,18H,1-3,8-9H2. The van der Waals surface area contributed by atoms with Gasteiger partial charge in [0.25, 0.3) is 0 Å². The van der Waals surface area contributed by atoms with Crippen molar-refractivity contribution in [2.24, 2.45) is 0 Å². The minimum absolute atomic E-state index is 0.311. The number of halogens is 1. The molecule has 1 unspecified atom stereocenters. The molecule has 2 aliphatic rings. The summed E-state index contributed by atoms with van der Waals surface area (Å²) in [4.78, 5) is 1.55. The Morgan fingerprint density at radius 1 is 1.33 bits per heavy atom. The first-order chi connectivity index (χ1) is 10.3. The van der Waals surface area contributed by atoms with Crippen LogP contribution in [0.1, 0.15) is 34.9 Å². The number of ether oxygens (including phenoxy) is 2. The monoisotopic (exact) mass is 365 g/mol. The molecule has 2 aromatic rings. The summed E-state index contributed by atoms with van der Waals surface area (Å²) in [6.07, 6.45) is 3.73. The summed E-state index contributed by atoms with van der Waals surface area (Å²) < 4.78 is 11.9. The van der Waals surface area contributed by atoms with Gasteiger partial charge in [-0.05, 0) is 69.9 Å². The number of rotatable bonds is 3. The van der Waals surface area contributed by atoms with Crippen LogP contribution in [0.4, 0.5) is 0 Å².